The van der Waals surface area contributed by atoms with Crippen LogP contribution in [0.15, 0.2) is 255 Å². The second-order valence-corrected chi connectivity index (χ2v) is 16.0. The van der Waals surface area contributed by atoms with Crippen molar-refractivity contribution in [3.8, 4) is 33.4 Å². The van der Waals surface area contributed by atoms with Gasteiger partial charge in [-0.3, -0.25) is 0 Å². The molecule has 62 heavy (non-hydrogen) atoms. The molecule has 0 radical (unpaired) electrons. The summed E-state index contributed by atoms with van der Waals surface area (Å²) in [4.78, 5) is 4.87. The van der Waals surface area contributed by atoms with Gasteiger partial charge in [-0.05, 0) is 124 Å². The highest BCUT2D eigenvalue weighted by Crippen LogP contribution is 2.43. The van der Waals surface area contributed by atoms with Crippen LogP contribution >= 0.6 is 0 Å². The van der Waals surface area contributed by atoms with Crippen molar-refractivity contribution in [3.63, 3.8) is 0 Å². The molecule has 0 spiro atoms. The van der Waals surface area contributed by atoms with Gasteiger partial charge in [-0.1, -0.05) is 194 Å². The first-order valence-electron chi connectivity index (χ1n) is 21.7. The molecular formula is C60H48N2. The molecule has 298 valence electrons. The van der Waals surface area contributed by atoms with E-state index in [2.05, 4.69) is 265 Å². The zero-order valence-corrected chi connectivity index (χ0v) is 34.7. The lowest BCUT2D eigenvalue weighted by molar-refractivity contribution is 0.690. The van der Waals surface area contributed by atoms with Gasteiger partial charge in [-0.25, -0.2) is 0 Å². The minimum atomic E-state index is 0.104. The maximum Gasteiger partial charge on any atom is 0.0628 e. The Morgan fingerprint density at radius 3 is 1.52 bits per heavy atom. The van der Waals surface area contributed by atoms with Gasteiger partial charge in [-0.2, -0.15) is 0 Å². The molecule has 8 aromatic rings. The number of para-hydroxylation sites is 1. The van der Waals surface area contributed by atoms with Gasteiger partial charge < -0.3 is 9.80 Å². The zero-order chi connectivity index (χ0) is 41.5. The molecule has 2 heteroatoms. The highest BCUT2D eigenvalue weighted by Gasteiger charge is 2.28. The second kappa shape index (κ2) is 17.9. The highest BCUT2D eigenvalue weighted by molar-refractivity contribution is 5.90. The molecule has 8 aromatic carbocycles. The Hall–Kier alpha value is -7.68. The quantitative estimate of drug-likeness (QED) is 0.129. The van der Waals surface area contributed by atoms with Crippen LogP contribution in [-0.4, -0.2) is 6.04 Å². The van der Waals surface area contributed by atoms with E-state index in [4.69, 9.17) is 0 Å². The van der Waals surface area contributed by atoms with Gasteiger partial charge in [0.15, 0.2) is 0 Å². The standard InChI is InChI=1S/C60H48N2/c1-6-18-45(19-7-1)47-30-36-53(37-31-47)61(54-38-32-48(33-39-54)46-20-8-2-9-21-46)56-42-43-57(59(44-56)50-24-12-4-13-25-50)51-34-40-55(41-35-51)62(52-26-14-5-15-27-52)60-29-17-16-28-58(60)49-22-10-3-11-23-49/h1-8,10-20,22-44,58,60H,9,21H2. The summed E-state index contributed by atoms with van der Waals surface area (Å²) in [6.45, 7) is 0. The minimum absolute atomic E-state index is 0.104. The molecule has 10 rings (SSSR count). The summed E-state index contributed by atoms with van der Waals surface area (Å²) in [5.41, 5.74) is 16.7. The van der Waals surface area contributed by atoms with Crippen LogP contribution in [0, 0.1) is 0 Å². The van der Waals surface area contributed by atoms with Crippen molar-refractivity contribution >= 4 is 34.0 Å². The molecule has 0 saturated heterocycles. The molecule has 2 nitrogen and oxygen atoms in total. The molecule has 0 aliphatic heterocycles. The number of benzene rings is 8. The topological polar surface area (TPSA) is 6.48 Å². The Labute approximate surface area is 366 Å². The zero-order valence-electron chi connectivity index (χ0n) is 34.7. The van der Waals surface area contributed by atoms with E-state index in [1.807, 2.05) is 0 Å². The fourth-order valence-electron chi connectivity index (χ4n) is 9.04. The molecule has 0 N–H and O–H groups in total. The Balaban J connectivity index is 1.05. The third-order valence-corrected chi connectivity index (χ3v) is 12.2. The first-order valence-corrected chi connectivity index (χ1v) is 21.7. The monoisotopic (exact) mass is 796 g/mol. The van der Waals surface area contributed by atoms with E-state index >= 15 is 0 Å². The smallest absolute Gasteiger partial charge is 0.0628 e. The largest absolute Gasteiger partial charge is 0.334 e. The molecule has 0 aromatic heterocycles. The number of rotatable bonds is 11. The van der Waals surface area contributed by atoms with Gasteiger partial charge in [0.05, 0.1) is 6.04 Å². The molecule has 0 amide bonds. The molecule has 0 fully saturated rings. The number of hydrogen-bond acceptors (Lipinski definition) is 2. The average molecular weight is 797 g/mol. The number of hydrogen-bond donors (Lipinski definition) is 0. The summed E-state index contributed by atoms with van der Waals surface area (Å²) < 4.78 is 0. The lowest BCUT2D eigenvalue weighted by Gasteiger charge is -2.37. The molecule has 2 aliphatic carbocycles. The summed E-state index contributed by atoms with van der Waals surface area (Å²) in [6, 6.07) is 77.3. The van der Waals surface area contributed by atoms with Crippen molar-refractivity contribution in [3.05, 3.63) is 266 Å². The first-order chi connectivity index (χ1) is 30.8. The van der Waals surface area contributed by atoms with Crippen LogP contribution < -0.4 is 9.80 Å². The van der Waals surface area contributed by atoms with Gasteiger partial charge in [0.1, 0.15) is 0 Å². The third kappa shape index (κ3) is 8.11. The van der Waals surface area contributed by atoms with Gasteiger partial charge in [0, 0.05) is 34.4 Å². The van der Waals surface area contributed by atoms with Crippen molar-refractivity contribution in [1.29, 1.82) is 0 Å². The van der Waals surface area contributed by atoms with E-state index < -0.39 is 0 Å². The lowest BCUT2D eigenvalue weighted by atomic mass is 9.86. The Bertz CT molecular complexity index is 2860. The molecule has 0 bridgehead atoms. The van der Waals surface area contributed by atoms with Crippen molar-refractivity contribution in [2.45, 2.75) is 24.8 Å². The molecule has 0 saturated carbocycles. The summed E-state index contributed by atoms with van der Waals surface area (Å²) in [6.07, 6.45) is 17.9. The van der Waals surface area contributed by atoms with E-state index in [0.29, 0.717) is 0 Å². The molecule has 2 aliphatic rings. The van der Waals surface area contributed by atoms with Gasteiger partial charge in [0.25, 0.3) is 0 Å². The summed E-state index contributed by atoms with van der Waals surface area (Å²) in [5.74, 6) is 0.202. The fraction of sp³-hybridized carbons (Fsp3) is 0.0667. The Morgan fingerprint density at radius 1 is 0.371 bits per heavy atom. The minimum Gasteiger partial charge on any atom is -0.334 e. The van der Waals surface area contributed by atoms with Crippen LogP contribution in [0.25, 0.3) is 39.0 Å². The predicted molar refractivity (Wildman–Crippen MR) is 264 cm³/mol. The first kappa shape index (κ1) is 38.5. The number of nitrogens with zero attached hydrogens (tertiary/aromatic N) is 2. The maximum atomic E-state index is 2.48. The van der Waals surface area contributed by atoms with Crippen LogP contribution in [0.3, 0.4) is 0 Å². The van der Waals surface area contributed by atoms with Crippen LogP contribution in [0.1, 0.15) is 29.9 Å². The van der Waals surface area contributed by atoms with Crippen LogP contribution in [0.2, 0.25) is 0 Å². The molecule has 2 atom stereocenters. The van der Waals surface area contributed by atoms with Crippen molar-refractivity contribution in [2.75, 3.05) is 9.80 Å². The van der Waals surface area contributed by atoms with Crippen LogP contribution in [-0.2, 0) is 0 Å². The van der Waals surface area contributed by atoms with Crippen molar-refractivity contribution in [1.82, 2.24) is 0 Å². The van der Waals surface area contributed by atoms with E-state index in [-0.39, 0.29) is 12.0 Å². The Morgan fingerprint density at radius 2 is 0.871 bits per heavy atom. The summed E-state index contributed by atoms with van der Waals surface area (Å²) in [5, 5.41) is 0. The van der Waals surface area contributed by atoms with Gasteiger partial charge >= 0.3 is 0 Å². The highest BCUT2D eigenvalue weighted by atomic mass is 15.2. The van der Waals surface area contributed by atoms with Gasteiger partial charge in [-0.15, -0.1) is 0 Å². The molecular weight excluding hydrogens is 749 g/mol. The van der Waals surface area contributed by atoms with Crippen molar-refractivity contribution < 1.29 is 0 Å². The average Bonchev–Trinajstić information content (AvgIpc) is 3.36. The van der Waals surface area contributed by atoms with E-state index in [9.17, 15) is 0 Å². The summed E-state index contributed by atoms with van der Waals surface area (Å²) >= 11 is 0. The normalized spacial score (nSPS) is 15.5. The van der Waals surface area contributed by atoms with E-state index in [1.54, 1.807) is 0 Å². The Kier molecular flexibility index (Phi) is 11.1. The van der Waals surface area contributed by atoms with E-state index in [1.165, 1.54) is 50.1 Å². The van der Waals surface area contributed by atoms with Crippen LogP contribution in [0.5, 0.6) is 0 Å². The maximum absolute atomic E-state index is 2.48. The second-order valence-electron chi connectivity index (χ2n) is 16.0. The fourth-order valence-corrected chi connectivity index (χ4v) is 9.04. The molecule has 0 heterocycles. The SMILES string of the molecule is C1=CCCC(c2ccc(N(c3ccc(-c4ccccc4)cc3)c3ccc(-c4ccc(N(c5ccccc5)C5C=CC=CC5c5ccccc5)cc4)c(-c4ccccc4)c3)cc2)=C1. The van der Waals surface area contributed by atoms with E-state index in [0.717, 1.165) is 41.3 Å². The molecule has 2 unspecified atom stereocenters. The predicted octanol–water partition coefficient (Wildman–Crippen LogP) is 16.3. The van der Waals surface area contributed by atoms with Crippen LogP contribution in [0.4, 0.5) is 28.4 Å². The van der Waals surface area contributed by atoms with Gasteiger partial charge in [0.2, 0.25) is 0 Å². The lowest BCUT2D eigenvalue weighted by Crippen LogP contribution is -2.35. The number of anilines is 5. The third-order valence-electron chi connectivity index (χ3n) is 12.2. The summed E-state index contributed by atoms with van der Waals surface area (Å²) in [7, 11) is 0. The van der Waals surface area contributed by atoms with Crippen molar-refractivity contribution in [2.24, 2.45) is 0 Å². The number of allylic oxidation sites excluding steroid dienone is 6.